The highest BCUT2D eigenvalue weighted by atomic mass is 16.3. The maximum Gasteiger partial charge on any atom is 0.0769 e. The highest BCUT2D eigenvalue weighted by molar-refractivity contribution is 5.87. The lowest BCUT2D eigenvalue weighted by Crippen LogP contribution is -2.55. The minimum absolute atomic E-state index is 0.0589. The second-order valence-electron chi connectivity index (χ2n) is 7.80. The zero-order valence-corrected chi connectivity index (χ0v) is 13.2. The molecule has 1 nitrogen and oxygen atoms in total. The fraction of sp³-hybridized carbons (Fsp3) is 0.500. The Kier molecular flexibility index (Phi) is 2.47. The molecule has 21 heavy (non-hydrogen) atoms. The van der Waals surface area contributed by atoms with Gasteiger partial charge in [-0.25, -0.2) is 0 Å². The SMILES string of the molecule is C[C@]12CC[C@H](C1)[C@](C)(c1cccc3ccccc13)[C@@]2(C)O. The molecule has 0 aliphatic heterocycles. The minimum atomic E-state index is -0.646. The molecule has 4 atom stereocenters. The van der Waals surface area contributed by atoms with Crippen LogP contribution in [0.15, 0.2) is 42.5 Å². The Morgan fingerprint density at radius 1 is 1.00 bits per heavy atom. The molecule has 2 aromatic rings. The molecule has 2 aliphatic carbocycles. The van der Waals surface area contributed by atoms with Crippen molar-refractivity contribution < 1.29 is 5.11 Å². The van der Waals surface area contributed by atoms with Gasteiger partial charge in [-0.2, -0.15) is 0 Å². The average molecular weight is 280 g/mol. The Bertz CT molecular complexity index is 711. The number of hydrogen-bond donors (Lipinski definition) is 1. The summed E-state index contributed by atoms with van der Waals surface area (Å²) >= 11 is 0. The molecule has 2 saturated carbocycles. The van der Waals surface area contributed by atoms with Crippen LogP contribution in [-0.2, 0) is 5.41 Å². The standard InChI is InChI=1S/C20H24O/c1-18-12-11-15(13-18)19(2,20(18,3)21)17-10-6-8-14-7-4-5-9-16(14)17/h4-10,15,21H,11-13H2,1-3H3/t15-,18+,19-,20+/m1/s1. The first kappa shape index (κ1) is 13.3. The van der Waals surface area contributed by atoms with Crippen LogP contribution in [0.1, 0.15) is 45.6 Å². The Morgan fingerprint density at radius 2 is 1.71 bits per heavy atom. The van der Waals surface area contributed by atoms with Crippen molar-refractivity contribution >= 4 is 10.8 Å². The summed E-state index contributed by atoms with van der Waals surface area (Å²) in [5, 5.41) is 14.1. The van der Waals surface area contributed by atoms with Crippen LogP contribution in [0.25, 0.3) is 10.8 Å². The van der Waals surface area contributed by atoms with Gasteiger partial charge in [0.05, 0.1) is 5.60 Å². The monoisotopic (exact) mass is 280 g/mol. The van der Waals surface area contributed by atoms with E-state index < -0.39 is 5.60 Å². The fourth-order valence-electron chi connectivity index (χ4n) is 5.36. The van der Waals surface area contributed by atoms with Crippen molar-refractivity contribution in [2.45, 2.75) is 51.0 Å². The van der Waals surface area contributed by atoms with Crippen LogP contribution in [0.3, 0.4) is 0 Å². The van der Waals surface area contributed by atoms with Gasteiger partial charge in [0.1, 0.15) is 0 Å². The molecule has 0 aromatic heterocycles. The Labute approximate surface area is 127 Å². The smallest absolute Gasteiger partial charge is 0.0769 e. The molecule has 2 bridgehead atoms. The Balaban J connectivity index is 2.00. The minimum Gasteiger partial charge on any atom is -0.389 e. The second kappa shape index (κ2) is 3.89. The normalized spacial score (nSPS) is 41.8. The van der Waals surface area contributed by atoms with Crippen molar-refractivity contribution in [2.24, 2.45) is 11.3 Å². The molecule has 0 radical (unpaired) electrons. The summed E-state index contributed by atoms with van der Waals surface area (Å²) in [6.07, 6.45) is 3.55. The van der Waals surface area contributed by atoms with Crippen molar-refractivity contribution in [3.8, 4) is 0 Å². The van der Waals surface area contributed by atoms with E-state index in [0.29, 0.717) is 5.92 Å². The molecule has 2 fully saturated rings. The Morgan fingerprint density at radius 3 is 2.43 bits per heavy atom. The van der Waals surface area contributed by atoms with E-state index in [1.54, 1.807) is 0 Å². The molecule has 0 saturated heterocycles. The van der Waals surface area contributed by atoms with Gasteiger partial charge in [-0.05, 0) is 53.9 Å². The van der Waals surface area contributed by atoms with Crippen molar-refractivity contribution in [1.82, 2.24) is 0 Å². The number of rotatable bonds is 1. The maximum atomic E-state index is 11.5. The molecule has 1 N–H and O–H groups in total. The summed E-state index contributed by atoms with van der Waals surface area (Å²) in [6, 6.07) is 15.1. The number of aliphatic hydroxyl groups is 1. The van der Waals surface area contributed by atoms with E-state index in [1.165, 1.54) is 22.8 Å². The molecular weight excluding hydrogens is 256 g/mol. The van der Waals surface area contributed by atoms with Gasteiger partial charge < -0.3 is 5.11 Å². The van der Waals surface area contributed by atoms with Gasteiger partial charge in [0.25, 0.3) is 0 Å². The molecule has 1 heteroatoms. The molecular formula is C20H24O. The van der Waals surface area contributed by atoms with Gasteiger partial charge in [0.15, 0.2) is 0 Å². The summed E-state index contributed by atoms with van der Waals surface area (Å²) < 4.78 is 0. The van der Waals surface area contributed by atoms with Crippen LogP contribution in [0.2, 0.25) is 0 Å². The number of hydrogen-bond acceptors (Lipinski definition) is 1. The summed E-state index contributed by atoms with van der Waals surface area (Å²) in [6.45, 7) is 6.65. The molecule has 0 unspecified atom stereocenters. The molecule has 2 aromatic carbocycles. The fourth-order valence-corrected chi connectivity index (χ4v) is 5.36. The van der Waals surface area contributed by atoms with E-state index >= 15 is 0 Å². The van der Waals surface area contributed by atoms with E-state index in [-0.39, 0.29) is 10.8 Å². The molecule has 4 rings (SSSR count). The molecule has 0 heterocycles. The first-order chi connectivity index (χ1) is 9.90. The van der Waals surface area contributed by atoms with Crippen molar-refractivity contribution in [1.29, 1.82) is 0 Å². The highest BCUT2D eigenvalue weighted by Gasteiger charge is 2.68. The summed E-state index contributed by atoms with van der Waals surface area (Å²) in [4.78, 5) is 0. The van der Waals surface area contributed by atoms with Crippen LogP contribution >= 0.6 is 0 Å². The average Bonchev–Trinajstić information content (AvgIpc) is 2.95. The topological polar surface area (TPSA) is 20.2 Å². The van der Waals surface area contributed by atoms with Gasteiger partial charge in [0, 0.05) is 5.41 Å². The predicted molar refractivity (Wildman–Crippen MR) is 87.4 cm³/mol. The first-order valence-electron chi connectivity index (χ1n) is 8.11. The lowest BCUT2D eigenvalue weighted by Gasteiger charge is -2.51. The molecule has 110 valence electrons. The summed E-state index contributed by atoms with van der Waals surface area (Å²) in [5.74, 6) is 0.586. The van der Waals surface area contributed by atoms with E-state index in [9.17, 15) is 5.11 Å². The molecule has 0 spiro atoms. The van der Waals surface area contributed by atoms with Crippen molar-refractivity contribution in [3.63, 3.8) is 0 Å². The second-order valence-corrected chi connectivity index (χ2v) is 7.80. The lowest BCUT2D eigenvalue weighted by atomic mass is 9.57. The van der Waals surface area contributed by atoms with Gasteiger partial charge in [-0.3, -0.25) is 0 Å². The lowest BCUT2D eigenvalue weighted by molar-refractivity contribution is -0.0995. The number of benzene rings is 2. The third-order valence-electron chi connectivity index (χ3n) is 7.09. The van der Waals surface area contributed by atoms with Gasteiger partial charge in [0.2, 0.25) is 0 Å². The van der Waals surface area contributed by atoms with Crippen LogP contribution in [0.4, 0.5) is 0 Å². The highest BCUT2D eigenvalue weighted by Crippen LogP contribution is 2.68. The maximum absolute atomic E-state index is 11.5. The van der Waals surface area contributed by atoms with Gasteiger partial charge in [-0.15, -0.1) is 0 Å². The summed E-state index contributed by atoms with van der Waals surface area (Å²) in [5.41, 5.74) is 0.594. The first-order valence-corrected chi connectivity index (χ1v) is 8.11. The summed E-state index contributed by atoms with van der Waals surface area (Å²) in [7, 11) is 0. The van der Waals surface area contributed by atoms with Gasteiger partial charge in [-0.1, -0.05) is 56.3 Å². The zero-order valence-electron chi connectivity index (χ0n) is 13.2. The van der Waals surface area contributed by atoms with E-state index in [1.807, 2.05) is 0 Å². The molecule has 0 amide bonds. The predicted octanol–water partition coefficient (Wildman–Crippen LogP) is 4.67. The van der Waals surface area contributed by atoms with E-state index in [4.69, 9.17) is 0 Å². The van der Waals surface area contributed by atoms with Crippen LogP contribution in [0, 0.1) is 11.3 Å². The number of fused-ring (bicyclic) bond motifs is 3. The van der Waals surface area contributed by atoms with Crippen LogP contribution in [0.5, 0.6) is 0 Å². The van der Waals surface area contributed by atoms with Crippen molar-refractivity contribution in [3.05, 3.63) is 48.0 Å². The van der Waals surface area contributed by atoms with Crippen LogP contribution < -0.4 is 0 Å². The molecule has 2 aliphatic rings. The Hall–Kier alpha value is -1.34. The third kappa shape index (κ3) is 1.41. The quantitative estimate of drug-likeness (QED) is 0.805. The van der Waals surface area contributed by atoms with Gasteiger partial charge >= 0.3 is 0 Å². The zero-order chi connectivity index (χ0) is 14.9. The van der Waals surface area contributed by atoms with E-state index in [0.717, 1.165) is 12.8 Å². The van der Waals surface area contributed by atoms with E-state index in [2.05, 4.69) is 63.2 Å². The van der Waals surface area contributed by atoms with Crippen molar-refractivity contribution in [2.75, 3.05) is 0 Å². The largest absolute Gasteiger partial charge is 0.389 e. The van der Waals surface area contributed by atoms with Crippen LogP contribution in [-0.4, -0.2) is 10.7 Å². The third-order valence-corrected chi connectivity index (χ3v) is 7.09.